The molecule has 1 amide bonds. The number of carbonyl (C=O) groups is 1. The van der Waals surface area contributed by atoms with Crippen LogP contribution in [0.4, 0.5) is 4.79 Å². The summed E-state index contributed by atoms with van der Waals surface area (Å²) in [7, 11) is 1.74. The Kier molecular flexibility index (Phi) is 3.74. The van der Waals surface area contributed by atoms with E-state index >= 15 is 0 Å². The summed E-state index contributed by atoms with van der Waals surface area (Å²) in [4.78, 5) is 12.7. The maximum absolute atomic E-state index is 11.1. The number of amides is 1. The highest BCUT2D eigenvalue weighted by atomic mass is 16.6. The summed E-state index contributed by atoms with van der Waals surface area (Å²) in [6.45, 7) is 4.69. The Labute approximate surface area is 85.0 Å². The molecule has 1 heterocycles. The standard InChI is InChI=1S/C9H11NO2.C2H6/c1-10-6-7-4-2-3-5-8(7)12-9(10)11;1-2/h4-5H,2-3,6H2,1H3;1-2H3. The van der Waals surface area contributed by atoms with Crippen molar-refractivity contribution in [3.63, 3.8) is 0 Å². The Hall–Kier alpha value is -1.25. The molecular weight excluding hydrogens is 178 g/mol. The van der Waals surface area contributed by atoms with Gasteiger partial charge in [0, 0.05) is 12.6 Å². The zero-order chi connectivity index (χ0) is 10.6. The van der Waals surface area contributed by atoms with E-state index < -0.39 is 0 Å². The molecule has 0 radical (unpaired) electrons. The third kappa shape index (κ3) is 2.16. The van der Waals surface area contributed by atoms with Crippen LogP contribution in [0.1, 0.15) is 26.7 Å². The average Bonchev–Trinajstić information content (AvgIpc) is 2.23. The van der Waals surface area contributed by atoms with Crippen molar-refractivity contribution < 1.29 is 9.53 Å². The van der Waals surface area contributed by atoms with Crippen molar-refractivity contribution in [1.29, 1.82) is 0 Å². The van der Waals surface area contributed by atoms with Gasteiger partial charge in [-0.1, -0.05) is 19.9 Å². The highest BCUT2D eigenvalue weighted by Gasteiger charge is 2.24. The predicted octanol–water partition coefficient (Wildman–Crippen LogP) is 2.70. The number of ether oxygens (including phenoxy) is 1. The molecule has 0 atom stereocenters. The molecule has 14 heavy (non-hydrogen) atoms. The minimum Gasteiger partial charge on any atom is -0.410 e. The van der Waals surface area contributed by atoms with Crippen LogP contribution in [-0.2, 0) is 4.74 Å². The van der Waals surface area contributed by atoms with Crippen molar-refractivity contribution >= 4 is 6.09 Å². The van der Waals surface area contributed by atoms with Crippen LogP contribution in [0, 0.1) is 0 Å². The number of carbonyl (C=O) groups excluding carboxylic acids is 1. The molecule has 3 nitrogen and oxygen atoms in total. The maximum Gasteiger partial charge on any atom is 0.415 e. The molecule has 0 aromatic rings. The molecule has 0 aromatic carbocycles. The van der Waals surface area contributed by atoms with E-state index in [0.717, 1.165) is 24.2 Å². The van der Waals surface area contributed by atoms with Gasteiger partial charge in [0.25, 0.3) is 0 Å². The van der Waals surface area contributed by atoms with Gasteiger partial charge in [0.15, 0.2) is 0 Å². The summed E-state index contributed by atoms with van der Waals surface area (Å²) >= 11 is 0. The van der Waals surface area contributed by atoms with Crippen LogP contribution in [0.2, 0.25) is 0 Å². The number of rotatable bonds is 0. The normalized spacial score (nSPS) is 19.6. The largest absolute Gasteiger partial charge is 0.415 e. The maximum atomic E-state index is 11.1. The van der Waals surface area contributed by atoms with Gasteiger partial charge in [-0.05, 0) is 18.9 Å². The van der Waals surface area contributed by atoms with E-state index in [0.29, 0.717) is 6.54 Å². The van der Waals surface area contributed by atoms with Gasteiger partial charge in [-0.15, -0.1) is 0 Å². The summed E-state index contributed by atoms with van der Waals surface area (Å²) in [5.41, 5.74) is 1.14. The van der Waals surface area contributed by atoms with Crippen molar-refractivity contribution in [3.8, 4) is 0 Å². The smallest absolute Gasteiger partial charge is 0.410 e. The van der Waals surface area contributed by atoms with Crippen molar-refractivity contribution in [2.75, 3.05) is 13.6 Å². The number of hydrogen-bond acceptors (Lipinski definition) is 2. The lowest BCUT2D eigenvalue weighted by Crippen LogP contribution is -2.35. The van der Waals surface area contributed by atoms with Gasteiger partial charge < -0.3 is 9.64 Å². The first-order valence-corrected chi connectivity index (χ1v) is 5.10. The van der Waals surface area contributed by atoms with Crippen molar-refractivity contribution in [3.05, 3.63) is 23.5 Å². The van der Waals surface area contributed by atoms with Crippen LogP contribution in [0.3, 0.4) is 0 Å². The lowest BCUT2D eigenvalue weighted by molar-refractivity contribution is 0.129. The van der Waals surface area contributed by atoms with Gasteiger partial charge in [0.2, 0.25) is 0 Å². The molecule has 1 aliphatic carbocycles. The third-order valence-electron chi connectivity index (χ3n) is 2.12. The fourth-order valence-electron chi connectivity index (χ4n) is 1.45. The second kappa shape index (κ2) is 4.84. The van der Waals surface area contributed by atoms with E-state index in [-0.39, 0.29) is 6.09 Å². The van der Waals surface area contributed by atoms with Gasteiger partial charge in [-0.2, -0.15) is 0 Å². The lowest BCUT2D eigenvalue weighted by atomic mass is 10.0. The Morgan fingerprint density at radius 2 is 1.93 bits per heavy atom. The van der Waals surface area contributed by atoms with Gasteiger partial charge in [-0.25, -0.2) is 4.79 Å². The van der Waals surface area contributed by atoms with Crippen molar-refractivity contribution in [2.45, 2.75) is 26.7 Å². The Balaban J connectivity index is 0.000000461. The summed E-state index contributed by atoms with van der Waals surface area (Å²) in [5, 5.41) is 0. The van der Waals surface area contributed by atoms with E-state index in [9.17, 15) is 4.79 Å². The van der Waals surface area contributed by atoms with Gasteiger partial charge >= 0.3 is 6.09 Å². The molecule has 0 unspecified atom stereocenters. The number of allylic oxidation sites excluding steroid dienone is 2. The van der Waals surface area contributed by atoms with Crippen LogP contribution >= 0.6 is 0 Å². The molecule has 2 aliphatic rings. The zero-order valence-corrected chi connectivity index (χ0v) is 9.04. The van der Waals surface area contributed by atoms with Gasteiger partial charge in [0.05, 0.1) is 6.54 Å². The first-order valence-electron chi connectivity index (χ1n) is 5.10. The Morgan fingerprint density at radius 1 is 1.29 bits per heavy atom. The van der Waals surface area contributed by atoms with E-state index in [4.69, 9.17) is 4.74 Å². The molecular formula is C11H17NO2. The van der Waals surface area contributed by atoms with E-state index in [1.807, 2.05) is 19.9 Å². The summed E-state index contributed by atoms with van der Waals surface area (Å²) in [6, 6.07) is 0. The highest BCUT2D eigenvalue weighted by Crippen LogP contribution is 2.24. The molecule has 1 fully saturated rings. The monoisotopic (exact) mass is 195 g/mol. The third-order valence-corrected chi connectivity index (χ3v) is 2.12. The van der Waals surface area contributed by atoms with Crippen LogP contribution in [0.25, 0.3) is 0 Å². The van der Waals surface area contributed by atoms with Gasteiger partial charge in [-0.3, -0.25) is 0 Å². The molecule has 3 heteroatoms. The van der Waals surface area contributed by atoms with E-state index in [2.05, 4.69) is 6.08 Å². The second-order valence-electron chi connectivity index (χ2n) is 3.10. The lowest BCUT2D eigenvalue weighted by Gasteiger charge is -2.27. The molecule has 0 N–H and O–H groups in total. The van der Waals surface area contributed by atoms with Crippen molar-refractivity contribution in [1.82, 2.24) is 4.90 Å². The summed E-state index contributed by atoms with van der Waals surface area (Å²) in [6.07, 6.45) is 5.92. The highest BCUT2D eigenvalue weighted by molar-refractivity contribution is 5.72. The molecule has 78 valence electrons. The fourth-order valence-corrected chi connectivity index (χ4v) is 1.45. The van der Waals surface area contributed by atoms with E-state index in [1.54, 1.807) is 11.9 Å². The number of hydrogen-bond donors (Lipinski definition) is 0. The first kappa shape index (κ1) is 10.8. The van der Waals surface area contributed by atoms with Crippen molar-refractivity contribution in [2.24, 2.45) is 0 Å². The minimum absolute atomic E-state index is 0.250. The molecule has 0 saturated carbocycles. The summed E-state index contributed by atoms with van der Waals surface area (Å²) < 4.78 is 5.08. The second-order valence-corrected chi connectivity index (χ2v) is 3.10. The molecule has 1 saturated heterocycles. The molecule has 2 rings (SSSR count). The molecule has 0 aromatic heterocycles. The fraction of sp³-hybridized carbons (Fsp3) is 0.545. The molecule has 0 bridgehead atoms. The van der Waals surface area contributed by atoms with Gasteiger partial charge in [0.1, 0.15) is 5.76 Å². The Morgan fingerprint density at radius 3 is 2.64 bits per heavy atom. The minimum atomic E-state index is -0.250. The predicted molar refractivity (Wildman–Crippen MR) is 55.9 cm³/mol. The average molecular weight is 195 g/mol. The number of nitrogens with zero attached hydrogens (tertiary/aromatic N) is 1. The molecule has 0 spiro atoms. The van der Waals surface area contributed by atoms with E-state index in [1.165, 1.54) is 0 Å². The topological polar surface area (TPSA) is 29.5 Å². The van der Waals surface area contributed by atoms with Crippen LogP contribution in [0.5, 0.6) is 0 Å². The molecule has 1 aliphatic heterocycles. The summed E-state index contributed by atoms with van der Waals surface area (Å²) in [5.74, 6) is 0.768. The quantitative estimate of drug-likeness (QED) is 0.594. The SMILES string of the molecule is CC.CN1CC2=CCCC=C2OC1=O. The van der Waals surface area contributed by atoms with Crippen LogP contribution in [0.15, 0.2) is 23.5 Å². The van der Waals surface area contributed by atoms with Crippen LogP contribution < -0.4 is 0 Å². The zero-order valence-electron chi connectivity index (χ0n) is 9.04. The first-order chi connectivity index (χ1) is 6.77. The Bertz CT molecular complexity index is 279. The number of likely N-dealkylation sites (N-methyl/N-ethyl adjacent to an activating group) is 1. The number of fused-ring (bicyclic) bond motifs is 1. The van der Waals surface area contributed by atoms with Crippen LogP contribution in [-0.4, -0.2) is 24.6 Å².